The van der Waals surface area contributed by atoms with Crippen molar-refractivity contribution in [2.24, 2.45) is 0 Å². The molecule has 1 unspecified atom stereocenters. The fourth-order valence-corrected chi connectivity index (χ4v) is 4.34. The summed E-state index contributed by atoms with van der Waals surface area (Å²) in [5.74, 6) is 1.17. The van der Waals surface area contributed by atoms with E-state index in [1.54, 1.807) is 0 Å². The van der Waals surface area contributed by atoms with Crippen molar-refractivity contribution >= 4 is 33.4 Å². The van der Waals surface area contributed by atoms with Crippen LogP contribution in [0.3, 0.4) is 0 Å². The Morgan fingerprint density at radius 2 is 2.29 bits per heavy atom. The van der Waals surface area contributed by atoms with Crippen molar-refractivity contribution in [1.29, 1.82) is 0 Å². The third-order valence-electron chi connectivity index (χ3n) is 3.07. The van der Waals surface area contributed by atoms with Gasteiger partial charge in [0, 0.05) is 34.3 Å². The number of fused-ring (bicyclic) bond motifs is 1. The van der Waals surface area contributed by atoms with Crippen LogP contribution in [0, 0.1) is 6.92 Å². The van der Waals surface area contributed by atoms with Gasteiger partial charge >= 0.3 is 0 Å². The second-order valence-corrected chi connectivity index (χ2v) is 6.47. The number of hydrogen-bond acceptors (Lipinski definition) is 3. The highest BCUT2D eigenvalue weighted by atomic mass is 79.9. The molecule has 1 aromatic carbocycles. The highest BCUT2D eigenvalue weighted by Gasteiger charge is 2.25. The molecule has 2 nitrogen and oxygen atoms in total. The van der Waals surface area contributed by atoms with Gasteiger partial charge in [-0.05, 0) is 54.5 Å². The van der Waals surface area contributed by atoms with Crippen molar-refractivity contribution in [2.45, 2.75) is 24.8 Å². The molecule has 1 atom stereocenters. The van der Waals surface area contributed by atoms with Crippen LogP contribution in [0.5, 0.6) is 0 Å². The Labute approximate surface area is 116 Å². The molecule has 0 bridgehead atoms. The summed E-state index contributed by atoms with van der Waals surface area (Å²) in [5.41, 5.74) is 2.70. The largest absolute Gasteiger partial charge is 0.365 e. The molecule has 1 aliphatic rings. The first-order valence-corrected chi connectivity index (χ1v) is 7.75. The number of anilines is 1. The Hall–Kier alpha value is -0.190. The standard InChI is InChI=1S/C13H19BrN2S/c1-9-6-11(14)13-12(7-9)17-8-10(2)16(13)5-4-15-3/h6-7,10,15H,4-5,8H2,1-3H3. The van der Waals surface area contributed by atoms with Gasteiger partial charge in [-0.25, -0.2) is 0 Å². The lowest BCUT2D eigenvalue weighted by atomic mass is 10.1. The average molecular weight is 315 g/mol. The fourth-order valence-electron chi connectivity index (χ4n) is 2.18. The van der Waals surface area contributed by atoms with E-state index >= 15 is 0 Å². The summed E-state index contributed by atoms with van der Waals surface area (Å²) < 4.78 is 1.22. The minimum Gasteiger partial charge on any atom is -0.365 e. The number of hydrogen-bond donors (Lipinski definition) is 1. The molecule has 1 heterocycles. The Morgan fingerprint density at radius 1 is 1.53 bits per heavy atom. The smallest absolute Gasteiger partial charge is 0.0652 e. The van der Waals surface area contributed by atoms with Crippen LogP contribution < -0.4 is 10.2 Å². The van der Waals surface area contributed by atoms with Gasteiger partial charge in [0.2, 0.25) is 0 Å². The zero-order valence-electron chi connectivity index (χ0n) is 10.6. The highest BCUT2D eigenvalue weighted by molar-refractivity contribution is 9.10. The molecular formula is C13H19BrN2S. The summed E-state index contributed by atoms with van der Waals surface area (Å²) in [4.78, 5) is 3.91. The normalized spacial score (nSPS) is 19.3. The van der Waals surface area contributed by atoms with Crippen molar-refractivity contribution in [1.82, 2.24) is 5.32 Å². The van der Waals surface area contributed by atoms with E-state index in [9.17, 15) is 0 Å². The number of nitrogens with zero attached hydrogens (tertiary/aromatic N) is 1. The molecule has 0 saturated carbocycles. The highest BCUT2D eigenvalue weighted by Crippen LogP contribution is 2.42. The van der Waals surface area contributed by atoms with Crippen LogP contribution in [0.1, 0.15) is 12.5 Å². The van der Waals surface area contributed by atoms with E-state index in [0.717, 1.165) is 13.1 Å². The van der Waals surface area contributed by atoms with Gasteiger partial charge in [-0.3, -0.25) is 0 Å². The van der Waals surface area contributed by atoms with Gasteiger partial charge in [0.1, 0.15) is 0 Å². The van der Waals surface area contributed by atoms with Crippen LogP contribution in [-0.4, -0.2) is 31.9 Å². The van der Waals surface area contributed by atoms with Crippen molar-refractivity contribution in [2.75, 3.05) is 30.8 Å². The van der Waals surface area contributed by atoms with Gasteiger partial charge in [-0.15, -0.1) is 11.8 Å². The number of benzene rings is 1. The van der Waals surface area contributed by atoms with Crippen molar-refractivity contribution < 1.29 is 0 Å². The van der Waals surface area contributed by atoms with Gasteiger partial charge in [0.05, 0.1) is 5.69 Å². The zero-order valence-corrected chi connectivity index (χ0v) is 13.0. The van der Waals surface area contributed by atoms with Gasteiger partial charge in [0.15, 0.2) is 0 Å². The lowest BCUT2D eigenvalue weighted by Crippen LogP contribution is -2.41. The topological polar surface area (TPSA) is 15.3 Å². The predicted molar refractivity (Wildman–Crippen MR) is 80.3 cm³/mol. The third-order valence-corrected chi connectivity index (χ3v) is 4.95. The monoisotopic (exact) mass is 314 g/mol. The fraction of sp³-hybridized carbons (Fsp3) is 0.538. The summed E-state index contributed by atoms with van der Waals surface area (Å²) in [7, 11) is 2.01. The first kappa shape index (κ1) is 13.2. The second kappa shape index (κ2) is 5.63. The lowest BCUT2D eigenvalue weighted by Gasteiger charge is -2.37. The molecule has 4 heteroatoms. The van der Waals surface area contributed by atoms with Crippen LogP contribution in [0.15, 0.2) is 21.5 Å². The Bertz CT molecular complexity index is 409. The van der Waals surface area contributed by atoms with E-state index < -0.39 is 0 Å². The summed E-state index contributed by atoms with van der Waals surface area (Å²) in [6.07, 6.45) is 0. The number of likely N-dealkylation sites (N-methyl/N-ethyl adjacent to an activating group) is 1. The third kappa shape index (κ3) is 2.80. The Balaban J connectivity index is 2.36. The molecule has 2 rings (SSSR count). The van der Waals surface area contributed by atoms with Gasteiger partial charge < -0.3 is 10.2 Å². The molecule has 1 aromatic rings. The van der Waals surface area contributed by atoms with Crippen LogP contribution in [0.4, 0.5) is 5.69 Å². The summed E-state index contributed by atoms with van der Waals surface area (Å²) >= 11 is 5.69. The maximum atomic E-state index is 3.72. The second-order valence-electron chi connectivity index (χ2n) is 4.55. The molecular weight excluding hydrogens is 296 g/mol. The van der Waals surface area contributed by atoms with E-state index in [0.29, 0.717) is 6.04 Å². The number of aryl methyl sites for hydroxylation is 1. The molecule has 94 valence electrons. The Kier molecular flexibility index (Phi) is 4.39. The number of nitrogens with one attached hydrogen (secondary N) is 1. The van der Waals surface area contributed by atoms with Gasteiger partial charge in [-0.2, -0.15) is 0 Å². The predicted octanol–water partition coefficient (Wildman–Crippen LogP) is 3.28. The van der Waals surface area contributed by atoms with Crippen LogP contribution >= 0.6 is 27.7 Å². The van der Waals surface area contributed by atoms with E-state index in [2.05, 4.69) is 52.1 Å². The first-order chi connectivity index (χ1) is 8.13. The number of thioether (sulfide) groups is 1. The maximum absolute atomic E-state index is 3.72. The van der Waals surface area contributed by atoms with Crippen molar-refractivity contribution in [3.63, 3.8) is 0 Å². The number of rotatable bonds is 3. The van der Waals surface area contributed by atoms with E-state index in [4.69, 9.17) is 0 Å². The minimum atomic E-state index is 0.597. The SMILES string of the molecule is CNCCN1c2c(Br)cc(C)cc2SCC1C. The summed E-state index contributed by atoms with van der Waals surface area (Å²) in [5, 5.41) is 3.23. The lowest BCUT2D eigenvalue weighted by molar-refractivity contribution is 0.647. The zero-order chi connectivity index (χ0) is 12.4. The molecule has 0 fully saturated rings. The van der Waals surface area contributed by atoms with Gasteiger partial charge in [0.25, 0.3) is 0 Å². The van der Waals surface area contributed by atoms with Crippen molar-refractivity contribution in [3.05, 3.63) is 22.2 Å². The average Bonchev–Trinajstić information content (AvgIpc) is 2.28. The quantitative estimate of drug-likeness (QED) is 0.921. The molecule has 17 heavy (non-hydrogen) atoms. The number of halogens is 1. The molecule has 0 aromatic heterocycles. The van der Waals surface area contributed by atoms with Crippen LogP contribution in [0.2, 0.25) is 0 Å². The van der Waals surface area contributed by atoms with E-state index in [1.165, 1.54) is 26.4 Å². The van der Waals surface area contributed by atoms with E-state index in [-0.39, 0.29) is 0 Å². The Morgan fingerprint density at radius 3 is 3.00 bits per heavy atom. The summed E-state index contributed by atoms with van der Waals surface area (Å²) in [6.45, 7) is 6.54. The molecule has 0 saturated heterocycles. The molecule has 0 amide bonds. The minimum absolute atomic E-state index is 0.597. The first-order valence-electron chi connectivity index (χ1n) is 5.97. The van der Waals surface area contributed by atoms with Gasteiger partial charge in [-0.1, -0.05) is 0 Å². The van der Waals surface area contributed by atoms with E-state index in [1.807, 2.05) is 18.8 Å². The molecule has 0 aliphatic carbocycles. The van der Waals surface area contributed by atoms with Crippen molar-refractivity contribution in [3.8, 4) is 0 Å². The maximum Gasteiger partial charge on any atom is 0.0652 e. The summed E-state index contributed by atoms with van der Waals surface area (Å²) in [6, 6.07) is 5.10. The molecule has 0 radical (unpaired) electrons. The van der Waals surface area contributed by atoms with Crippen LogP contribution in [0.25, 0.3) is 0 Å². The molecule has 1 aliphatic heterocycles. The van der Waals surface area contributed by atoms with Crippen LogP contribution in [-0.2, 0) is 0 Å². The molecule has 1 N–H and O–H groups in total. The molecule has 0 spiro atoms.